The molecule has 0 radical (unpaired) electrons. The van der Waals surface area contributed by atoms with Gasteiger partial charge in [0, 0.05) is 17.2 Å². The van der Waals surface area contributed by atoms with Crippen molar-refractivity contribution in [2.75, 3.05) is 19.8 Å². The minimum absolute atomic E-state index is 0.0258. The molecule has 0 aliphatic carbocycles. The third-order valence-corrected chi connectivity index (χ3v) is 8.46. The number of phosphoric ester groups is 1. The van der Waals surface area contributed by atoms with Crippen molar-refractivity contribution in [3.8, 4) is 22.7 Å². The summed E-state index contributed by atoms with van der Waals surface area (Å²) in [6, 6.07) is 7.42. The quantitative estimate of drug-likeness (QED) is 0.155. The molecule has 1 aromatic carbocycles. The molecule has 3 rings (SSSR count). The summed E-state index contributed by atoms with van der Waals surface area (Å²) in [5.41, 5.74) is 1.60. The molecule has 1 atom stereocenters. The SMILES string of the molecule is CCOP(=O)(OCC)OCCn1nc(-c2cccc(-c3ncc(C(=O)NC(CC)CC)o3)c2)cc1C(=O)NC(C(=O)O)C(C)C. The highest BCUT2D eigenvalue weighted by Crippen LogP contribution is 2.49. The number of hydrogen-bond acceptors (Lipinski definition) is 10. The van der Waals surface area contributed by atoms with Gasteiger partial charge in [-0.15, -0.1) is 0 Å². The number of amides is 2. The van der Waals surface area contributed by atoms with Gasteiger partial charge in [-0.2, -0.15) is 5.10 Å². The number of aromatic nitrogens is 3. The molecule has 0 saturated carbocycles. The van der Waals surface area contributed by atoms with Crippen LogP contribution in [-0.4, -0.2) is 69.6 Å². The molecule has 45 heavy (non-hydrogen) atoms. The zero-order chi connectivity index (χ0) is 33.1. The highest BCUT2D eigenvalue weighted by molar-refractivity contribution is 7.48. The zero-order valence-corrected chi connectivity index (χ0v) is 27.3. The predicted octanol–water partition coefficient (Wildman–Crippen LogP) is 5.16. The van der Waals surface area contributed by atoms with Gasteiger partial charge < -0.3 is 20.2 Å². The van der Waals surface area contributed by atoms with E-state index in [0.29, 0.717) is 16.8 Å². The van der Waals surface area contributed by atoms with Crippen molar-refractivity contribution < 1.29 is 42.0 Å². The van der Waals surface area contributed by atoms with Crippen LogP contribution in [0.3, 0.4) is 0 Å². The second-order valence-electron chi connectivity index (χ2n) is 10.4. The lowest BCUT2D eigenvalue weighted by Crippen LogP contribution is -2.45. The van der Waals surface area contributed by atoms with E-state index in [-0.39, 0.29) is 61.6 Å². The van der Waals surface area contributed by atoms with Gasteiger partial charge in [-0.1, -0.05) is 39.8 Å². The molecule has 2 heterocycles. The van der Waals surface area contributed by atoms with E-state index in [4.69, 9.17) is 18.0 Å². The predicted molar refractivity (Wildman–Crippen MR) is 166 cm³/mol. The molecule has 3 aromatic rings. The molecule has 0 spiro atoms. The van der Waals surface area contributed by atoms with E-state index in [0.717, 1.165) is 12.8 Å². The van der Waals surface area contributed by atoms with Crippen LogP contribution < -0.4 is 10.6 Å². The van der Waals surface area contributed by atoms with Gasteiger partial charge in [-0.25, -0.2) is 14.3 Å². The number of carbonyl (C=O) groups excluding carboxylic acids is 2. The minimum atomic E-state index is -3.82. The van der Waals surface area contributed by atoms with Gasteiger partial charge in [0.1, 0.15) is 11.7 Å². The monoisotopic (exact) mass is 647 g/mol. The van der Waals surface area contributed by atoms with Crippen LogP contribution >= 0.6 is 7.82 Å². The second kappa shape index (κ2) is 16.5. The molecule has 3 N–H and O–H groups in total. The standard InChI is InChI=1S/C30H42N5O9P/c1-7-22(8-2)32-28(37)25-18-31-29(44-25)21-13-11-12-20(16-21)23-17-24(27(36)33-26(19(5)6)30(38)39)35(34-23)14-15-43-45(40,41-9-3)42-10-4/h11-13,16-19,22,26H,7-10,14-15H2,1-6H3,(H,32,37)(H,33,36)(H,38,39). The summed E-state index contributed by atoms with van der Waals surface area (Å²) >= 11 is 0. The first-order valence-electron chi connectivity index (χ1n) is 15.0. The Hall–Kier alpha value is -3.84. The van der Waals surface area contributed by atoms with E-state index in [1.54, 1.807) is 52.0 Å². The van der Waals surface area contributed by atoms with Crippen LogP contribution in [0.15, 0.2) is 40.9 Å². The molecule has 15 heteroatoms. The number of hydrogen-bond donors (Lipinski definition) is 3. The van der Waals surface area contributed by atoms with Crippen molar-refractivity contribution in [1.29, 1.82) is 0 Å². The van der Waals surface area contributed by atoms with Gasteiger partial charge in [0.2, 0.25) is 11.7 Å². The summed E-state index contributed by atoms with van der Waals surface area (Å²) in [7, 11) is -3.82. The van der Waals surface area contributed by atoms with Crippen molar-refractivity contribution in [2.45, 2.75) is 73.0 Å². The van der Waals surface area contributed by atoms with Crippen molar-refractivity contribution >= 4 is 25.6 Å². The molecule has 2 amide bonds. The highest BCUT2D eigenvalue weighted by atomic mass is 31.2. The number of oxazole rings is 1. The molecule has 0 aliphatic heterocycles. The molecule has 2 aromatic heterocycles. The Morgan fingerprint density at radius 1 is 0.978 bits per heavy atom. The number of nitrogens with one attached hydrogen (secondary N) is 2. The molecular weight excluding hydrogens is 605 g/mol. The average Bonchev–Trinajstić information content (AvgIpc) is 3.67. The van der Waals surface area contributed by atoms with E-state index in [1.807, 2.05) is 13.8 Å². The molecule has 14 nitrogen and oxygen atoms in total. The Bertz CT molecular complexity index is 1490. The van der Waals surface area contributed by atoms with Crippen LogP contribution in [0.5, 0.6) is 0 Å². The van der Waals surface area contributed by atoms with Gasteiger partial charge >= 0.3 is 13.8 Å². The molecule has 0 saturated heterocycles. The average molecular weight is 648 g/mol. The number of benzene rings is 1. The third-order valence-electron chi connectivity index (χ3n) is 6.81. The van der Waals surface area contributed by atoms with Crippen LogP contribution in [0, 0.1) is 5.92 Å². The van der Waals surface area contributed by atoms with E-state index < -0.39 is 25.7 Å². The molecule has 246 valence electrons. The number of carboxylic acid groups (broad SMARTS) is 1. The van der Waals surface area contributed by atoms with Crippen molar-refractivity contribution in [1.82, 2.24) is 25.4 Å². The van der Waals surface area contributed by atoms with Crippen molar-refractivity contribution in [3.05, 3.63) is 48.0 Å². The van der Waals surface area contributed by atoms with Crippen LogP contribution in [0.4, 0.5) is 0 Å². The van der Waals surface area contributed by atoms with Gasteiger partial charge in [0.25, 0.3) is 11.8 Å². The lowest BCUT2D eigenvalue weighted by molar-refractivity contribution is -0.140. The molecule has 1 unspecified atom stereocenters. The van der Waals surface area contributed by atoms with Crippen LogP contribution in [-0.2, 0) is 29.5 Å². The van der Waals surface area contributed by atoms with E-state index in [2.05, 4.69) is 20.7 Å². The van der Waals surface area contributed by atoms with Crippen LogP contribution in [0.1, 0.15) is 75.4 Å². The first-order chi connectivity index (χ1) is 21.4. The van der Waals surface area contributed by atoms with Crippen LogP contribution in [0.25, 0.3) is 22.7 Å². The smallest absolute Gasteiger partial charge is 0.474 e. The number of aliphatic carboxylic acids is 1. The van der Waals surface area contributed by atoms with Gasteiger partial charge in [0.05, 0.1) is 38.3 Å². The van der Waals surface area contributed by atoms with Gasteiger partial charge in [-0.3, -0.25) is 27.8 Å². The highest BCUT2D eigenvalue weighted by Gasteiger charge is 2.28. The fourth-order valence-corrected chi connectivity index (χ4v) is 5.54. The molecule has 0 bridgehead atoms. The summed E-state index contributed by atoms with van der Waals surface area (Å²) in [4.78, 5) is 42.0. The van der Waals surface area contributed by atoms with Gasteiger partial charge in [0.15, 0.2) is 0 Å². The Balaban J connectivity index is 1.92. The lowest BCUT2D eigenvalue weighted by Gasteiger charge is -2.18. The van der Waals surface area contributed by atoms with E-state index >= 15 is 0 Å². The molecule has 0 fully saturated rings. The fourth-order valence-electron chi connectivity index (χ4n) is 4.38. The minimum Gasteiger partial charge on any atom is -0.480 e. The third kappa shape index (κ3) is 9.57. The van der Waals surface area contributed by atoms with Gasteiger partial charge in [-0.05, 0) is 50.8 Å². The maximum absolute atomic E-state index is 13.3. The second-order valence-corrected chi connectivity index (χ2v) is 12.1. The number of carboxylic acids is 1. The number of phosphoric acid groups is 1. The Morgan fingerprint density at radius 2 is 1.64 bits per heavy atom. The molecular formula is C30H42N5O9P. The van der Waals surface area contributed by atoms with E-state index in [1.165, 1.54) is 16.9 Å². The summed E-state index contributed by atoms with van der Waals surface area (Å²) in [5.74, 6) is -2.26. The maximum Gasteiger partial charge on any atom is 0.474 e. The maximum atomic E-state index is 13.3. The largest absolute Gasteiger partial charge is 0.480 e. The van der Waals surface area contributed by atoms with Crippen LogP contribution in [0.2, 0.25) is 0 Å². The normalized spacial score (nSPS) is 12.4. The first-order valence-corrected chi connectivity index (χ1v) is 16.4. The lowest BCUT2D eigenvalue weighted by atomic mass is 10.0. The summed E-state index contributed by atoms with van der Waals surface area (Å²) < 4.78 is 35.6. The Morgan fingerprint density at radius 3 is 2.24 bits per heavy atom. The van der Waals surface area contributed by atoms with Crippen molar-refractivity contribution in [3.63, 3.8) is 0 Å². The summed E-state index contributed by atoms with van der Waals surface area (Å²) in [6.45, 7) is 10.7. The first kappa shape index (κ1) is 35.6. The summed E-state index contributed by atoms with van der Waals surface area (Å²) in [6.07, 6.45) is 2.95. The number of carbonyl (C=O) groups is 3. The zero-order valence-electron chi connectivity index (χ0n) is 26.4. The number of nitrogens with zero attached hydrogens (tertiary/aromatic N) is 3. The number of rotatable bonds is 18. The Labute approximate surface area is 262 Å². The topological polar surface area (TPSA) is 184 Å². The van der Waals surface area contributed by atoms with Crippen molar-refractivity contribution in [2.24, 2.45) is 5.92 Å². The summed E-state index contributed by atoms with van der Waals surface area (Å²) in [5, 5.41) is 19.7. The fraction of sp³-hybridized carbons (Fsp3) is 0.500. The Kier molecular flexibility index (Phi) is 13.0. The molecule has 0 aliphatic rings. The van der Waals surface area contributed by atoms with E-state index in [9.17, 15) is 24.1 Å².